The fourth-order valence-electron chi connectivity index (χ4n) is 2.27. The van der Waals surface area contributed by atoms with E-state index in [9.17, 15) is 9.90 Å². The van der Waals surface area contributed by atoms with Crippen LogP contribution in [0.1, 0.15) is 25.5 Å². The normalized spacial score (nSPS) is 26.0. The van der Waals surface area contributed by atoms with Crippen LogP contribution in [-0.4, -0.2) is 28.6 Å². The van der Waals surface area contributed by atoms with Crippen molar-refractivity contribution < 1.29 is 14.3 Å². The molecule has 1 N–H and O–H groups in total. The molecule has 1 fully saturated rings. The Bertz CT molecular complexity index is 404. The van der Waals surface area contributed by atoms with Crippen molar-refractivity contribution in [2.45, 2.75) is 32.4 Å². The van der Waals surface area contributed by atoms with Crippen LogP contribution in [0.15, 0.2) is 21.2 Å². The third-order valence-corrected chi connectivity index (χ3v) is 3.67. The molecule has 1 aliphatic rings. The molecule has 0 aliphatic carbocycles. The largest absolute Gasteiger partial charge is 0.480 e. The molecular formula is C12H16BrNO3. The molecule has 2 heterocycles. The summed E-state index contributed by atoms with van der Waals surface area (Å²) < 4.78 is 6.11. The fraction of sp³-hybridized carbons (Fsp3) is 0.583. The molecule has 1 aliphatic heterocycles. The van der Waals surface area contributed by atoms with Crippen LogP contribution < -0.4 is 0 Å². The van der Waals surface area contributed by atoms with Gasteiger partial charge >= 0.3 is 5.97 Å². The molecule has 94 valence electrons. The van der Waals surface area contributed by atoms with E-state index < -0.39 is 5.97 Å². The SMILES string of the molecule is CC1CCN(Cc2ccc(Br)o2)C(C(=O)O)C1. The summed E-state index contributed by atoms with van der Waals surface area (Å²) in [7, 11) is 0. The second-order valence-electron chi connectivity index (χ2n) is 4.66. The molecule has 17 heavy (non-hydrogen) atoms. The quantitative estimate of drug-likeness (QED) is 0.933. The molecule has 1 aromatic rings. The van der Waals surface area contributed by atoms with E-state index in [2.05, 4.69) is 22.9 Å². The number of aliphatic carboxylic acids is 1. The number of piperidine rings is 1. The second-order valence-corrected chi connectivity index (χ2v) is 5.44. The summed E-state index contributed by atoms with van der Waals surface area (Å²) in [4.78, 5) is 13.2. The van der Waals surface area contributed by atoms with Crippen molar-refractivity contribution in [3.8, 4) is 0 Å². The van der Waals surface area contributed by atoms with Crippen LogP contribution in [0.4, 0.5) is 0 Å². The van der Waals surface area contributed by atoms with Gasteiger partial charge in [0.25, 0.3) is 0 Å². The van der Waals surface area contributed by atoms with Gasteiger partial charge in [-0.1, -0.05) is 6.92 Å². The summed E-state index contributed by atoms with van der Waals surface area (Å²) in [6.07, 6.45) is 1.77. The minimum atomic E-state index is -0.734. The highest BCUT2D eigenvalue weighted by atomic mass is 79.9. The Balaban J connectivity index is 2.05. The third kappa shape index (κ3) is 3.10. The predicted molar refractivity (Wildman–Crippen MR) is 66.6 cm³/mol. The summed E-state index contributed by atoms with van der Waals surface area (Å²) in [5.41, 5.74) is 0. The number of carbonyl (C=O) groups is 1. The molecule has 4 nitrogen and oxygen atoms in total. The summed E-state index contributed by atoms with van der Waals surface area (Å²) in [5.74, 6) is 0.551. The lowest BCUT2D eigenvalue weighted by Crippen LogP contribution is -2.46. The predicted octanol–water partition coefficient (Wildman–Crippen LogP) is 2.73. The maximum absolute atomic E-state index is 11.2. The Hall–Kier alpha value is -0.810. The monoisotopic (exact) mass is 301 g/mol. The van der Waals surface area contributed by atoms with Crippen molar-refractivity contribution in [2.24, 2.45) is 5.92 Å². The fourth-order valence-corrected chi connectivity index (χ4v) is 2.61. The third-order valence-electron chi connectivity index (χ3n) is 3.25. The highest BCUT2D eigenvalue weighted by Crippen LogP contribution is 2.25. The van der Waals surface area contributed by atoms with Crippen molar-refractivity contribution in [3.63, 3.8) is 0 Å². The average molecular weight is 302 g/mol. The Morgan fingerprint density at radius 2 is 2.41 bits per heavy atom. The van der Waals surface area contributed by atoms with E-state index in [1.807, 2.05) is 17.0 Å². The first kappa shape index (κ1) is 12.6. The molecule has 2 unspecified atom stereocenters. The van der Waals surface area contributed by atoms with E-state index in [0.717, 1.165) is 25.1 Å². The lowest BCUT2D eigenvalue weighted by Gasteiger charge is -2.35. The van der Waals surface area contributed by atoms with E-state index in [0.29, 0.717) is 17.1 Å². The molecule has 1 saturated heterocycles. The maximum atomic E-state index is 11.2. The minimum absolute atomic E-state index is 0.386. The van der Waals surface area contributed by atoms with Gasteiger partial charge in [-0.05, 0) is 53.4 Å². The standard InChI is InChI=1S/C12H16BrNO3/c1-8-4-5-14(10(6-8)12(15)16)7-9-2-3-11(13)17-9/h2-3,8,10H,4-7H2,1H3,(H,15,16). The van der Waals surface area contributed by atoms with E-state index in [1.165, 1.54) is 0 Å². The van der Waals surface area contributed by atoms with Crippen molar-refractivity contribution >= 4 is 21.9 Å². The van der Waals surface area contributed by atoms with Crippen molar-refractivity contribution in [1.29, 1.82) is 0 Å². The zero-order valence-electron chi connectivity index (χ0n) is 9.73. The average Bonchev–Trinajstić information content (AvgIpc) is 2.66. The molecule has 1 aromatic heterocycles. The maximum Gasteiger partial charge on any atom is 0.320 e. The van der Waals surface area contributed by atoms with Gasteiger partial charge < -0.3 is 9.52 Å². The first-order valence-electron chi connectivity index (χ1n) is 5.77. The number of likely N-dealkylation sites (tertiary alicyclic amines) is 1. The van der Waals surface area contributed by atoms with Gasteiger partial charge in [0, 0.05) is 0 Å². The van der Waals surface area contributed by atoms with Gasteiger partial charge in [-0.2, -0.15) is 0 Å². The number of rotatable bonds is 3. The Morgan fingerprint density at radius 1 is 1.65 bits per heavy atom. The van der Waals surface area contributed by atoms with Crippen LogP contribution in [0.5, 0.6) is 0 Å². The summed E-state index contributed by atoms with van der Waals surface area (Å²) in [6, 6.07) is 3.32. The van der Waals surface area contributed by atoms with Gasteiger partial charge in [-0.3, -0.25) is 9.69 Å². The first-order valence-corrected chi connectivity index (χ1v) is 6.56. The Labute approximate surface area is 109 Å². The van der Waals surface area contributed by atoms with Crippen LogP contribution in [0, 0.1) is 5.92 Å². The molecule has 0 aromatic carbocycles. The van der Waals surface area contributed by atoms with Gasteiger partial charge in [0.1, 0.15) is 11.8 Å². The minimum Gasteiger partial charge on any atom is -0.480 e. The molecule has 0 spiro atoms. The van der Waals surface area contributed by atoms with Crippen molar-refractivity contribution in [3.05, 3.63) is 22.6 Å². The van der Waals surface area contributed by atoms with E-state index in [-0.39, 0.29) is 6.04 Å². The van der Waals surface area contributed by atoms with Gasteiger partial charge in [0.15, 0.2) is 4.67 Å². The zero-order chi connectivity index (χ0) is 12.4. The molecule has 2 atom stereocenters. The number of carboxylic acid groups (broad SMARTS) is 1. The molecule has 0 amide bonds. The Kier molecular flexibility index (Phi) is 3.89. The van der Waals surface area contributed by atoms with Crippen LogP contribution >= 0.6 is 15.9 Å². The van der Waals surface area contributed by atoms with Gasteiger partial charge in [-0.15, -0.1) is 0 Å². The highest BCUT2D eigenvalue weighted by molar-refractivity contribution is 9.10. The molecule has 0 bridgehead atoms. The van der Waals surface area contributed by atoms with E-state index in [1.54, 1.807) is 0 Å². The molecule has 2 rings (SSSR count). The van der Waals surface area contributed by atoms with Crippen molar-refractivity contribution in [1.82, 2.24) is 4.90 Å². The molecule has 0 radical (unpaired) electrons. The topological polar surface area (TPSA) is 53.7 Å². The number of hydrogen-bond acceptors (Lipinski definition) is 3. The van der Waals surface area contributed by atoms with Gasteiger partial charge in [0.2, 0.25) is 0 Å². The molecule has 0 saturated carbocycles. The van der Waals surface area contributed by atoms with Gasteiger partial charge in [0.05, 0.1) is 6.54 Å². The smallest absolute Gasteiger partial charge is 0.320 e. The van der Waals surface area contributed by atoms with E-state index >= 15 is 0 Å². The summed E-state index contributed by atoms with van der Waals surface area (Å²) in [6.45, 7) is 3.49. The number of nitrogens with zero attached hydrogens (tertiary/aromatic N) is 1. The Morgan fingerprint density at radius 3 is 3.00 bits per heavy atom. The summed E-state index contributed by atoms with van der Waals surface area (Å²) in [5, 5.41) is 9.23. The van der Waals surface area contributed by atoms with Crippen LogP contribution in [0.25, 0.3) is 0 Å². The zero-order valence-corrected chi connectivity index (χ0v) is 11.3. The number of carboxylic acids is 1. The summed E-state index contributed by atoms with van der Waals surface area (Å²) >= 11 is 3.25. The van der Waals surface area contributed by atoms with Crippen LogP contribution in [-0.2, 0) is 11.3 Å². The molecule has 5 heteroatoms. The molecular weight excluding hydrogens is 286 g/mol. The first-order chi connectivity index (χ1) is 8.06. The van der Waals surface area contributed by atoms with Crippen molar-refractivity contribution in [2.75, 3.05) is 6.54 Å². The lowest BCUT2D eigenvalue weighted by atomic mass is 9.92. The highest BCUT2D eigenvalue weighted by Gasteiger charge is 2.31. The van der Waals surface area contributed by atoms with E-state index in [4.69, 9.17) is 4.42 Å². The lowest BCUT2D eigenvalue weighted by molar-refractivity contribution is -0.145. The number of furan rings is 1. The van der Waals surface area contributed by atoms with Crippen LogP contribution in [0.3, 0.4) is 0 Å². The number of hydrogen-bond donors (Lipinski definition) is 1. The second kappa shape index (κ2) is 5.23. The van der Waals surface area contributed by atoms with Gasteiger partial charge in [-0.25, -0.2) is 0 Å². The van der Waals surface area contributed by atoms with Crippen LogP contribution in [0.2, 0.25) is 0 Å². The number of halogens is 1.